The fourth-order valence-electron chi connectivity index (χ4n) is 2.78. The highest BCUT2D eigenvalue weighted by molar-refractivity contribution is 7.88. The molecule has 152 valence electrons. The number of rotatable bonds is 8. The van der Waals surface area contributed by atoms with Gasteiger partial charge in [-0.15, -0.1) is 0 Å². The molecule has 0 atom stereocenters. The summed E-state index contributed by atoms with van der Waals surface area (Å²) in [4.78, 5) is 23.2. The molecule has 2 heterocycles. The Hall–Kier alpha value is -3.04. The third-order valence-electron chi connectivity index (χ3n) is 4.33. The molecule has 8 nitrogen and oxygen atoms in total. The fourth-order valence-corrected chi connectivity index (χ4v) is 3.54. The van der Waals surface area contributed by atoms with E-state index in [9.17, 15) is 13.2 Å². The van der Waals surface area contributed by atoms with E-state index in [2.05, 4.69) is 25.0 Å². The third-order valence-corrected chi connectivity index (χ3v) is 5.66. The van der Waals surface area contributed by atoms with E-state index in [4.69, 9.17) is 0 Å². The Kier molecular flexibility index (Phi) is 6.40. The van der Waals surface area contributed by atoms with E-state index in [0.717, 1.165) is 16.8 Å². The third kappa shape index (κ3) is 5.72. The topological polar surface area (TPSA) is 117 Å². The number of benzene rings is 1. The van der Waals surface area contributed by atoms with Gasteiger partial charge in [0, 0.05) is 30.1 Å². The van der Waals surface area contributed by atoms with Crippen molar-refractivity contribution in [1.29, 1.82) is 0 Å². The number of hydrogen-bond donors (Lipinski definition) is 3. The maximum atomic E-state index is 11.7. The molecule has 29 heavy (non-hydrogen) atoms. The van der Waals surface area contributed by atoms with Crippen LogP contribution in [0.3, 0.4) is 0 Å². The quantitative estimate of drug-likeness (QED) is 0.520. The molecule has 0 bridgehead atoms. The van der Waals surface area contributed by atoms with Crippen molar-refractivity contribution in [1.82, 2.24) is 19.7 Å². The molecule has 0 unspecified atom stereocenters. The summed E-state index contributed by atoms with van der Waals surface area (Å²) in [5.41, 5.74) is 2.93. The second-order valence-electron chi connectivity index (χ2n) is 6.51. The molecule has 2 aromatic heterocycles. The number of hydrogen-bond acceptors (Lipinski definition) is 6. The number of H-pyrrole nitrogens is 1. The van der Waals surface area contributed by atoms with E-state index >= 15 is 0 Å². The molecule has 3 aromatic rings. The average molecular weight is 414 g/mol. The van der Waals surface area contributed by atoms with E-state index < -0.39 is 10.0 Å². The van der Waals surface area contributed by atoms with Crippen LogP contribution in [0.25, 0.3) is 11.4 Å². The lowest BCUT2D eigenvalue weighted by Crippen LogP contribution is -2.20. The summed E-state index contributed by atoms with van der Waals surface area (Å²) < 4.78 is 25.7. The van der Waals surface area contributed by atoms with Crippen molar-refractivity contribution < 1.29 is 8.42 Å². The van der Waals surface area contributed by atoms with Gasteiger partial charge < -0.3 is 10.3 Å². The Balaban J connectivity index is 1.68. The van der Waals surface area contributed by atoms with Crippen LogP contribution in [-0.4, -0.2) is 30.4 Å². The number of anilines is 1. The minimum atomic E-state index is -3.31. The van der Waals surface area contributed by atoms with Gasteiger partial charge in [-0.2, -0.15) is 0 Å². The molecule has 3 rings (SSSR count). The minimum absolute atomic E-state index is 0.0632. The van der Waals surface area contributed by atoms with E-state index in [-0.39, 0.29) is 11.3 Å². The Labute approximate surface area is 169 Å². The first kappa shape index (κ1) is 20.7. The number of sulfonamides is 1. The summed E-state index contributed by atoms with van der Waals surface area (Å²) in [6.07, 6.45) is 2.33. The molecule has 0 saturated carbocycles. The van der Waals surface area contributed by atoms with Crippen molar-refractivity contribution >= 4 is 15.8 Å². The van der Waals surface area contributed by atoms with Crippen molar-refractivity contribution in [2.45, 2.75) is 25.6 Å². The average Bonchev–Trinajstić information content (AvgIpc) is 2.72. The van der Waals surface area contributed by atoms with Crippen molar-refractivity contribution in [3.63, 3.8) is 0 Å². The van der Waals surface area contributed by atoms with Gasteiger partial charge in [0.25, 0.3) is 5.56 Å². The number of nitrogens with zero attached hydrogens (tertiary/aromatic N) is 2. The van der Waals surface area contributed by atoms with Gasteiger partial charge in [-0.25, -0.2) is 23.1 Å². The smallest absolute Gasteiger partial charge is 0.251 e. The zero-order valence-corrected chi connectivity index (χ0v) is 17.1. The number of pyridine rings is 1. The highest BCUT2D eigenvalue weighted by atomic mass is 32.2. The van der Waals surface area contributed by atoms with E-state index in [1.165, 1.54) is 13.1 Å². The zero-order valence-electron chi connectivity index (χ0n) is 16.3. The normalized spacial score (nSPS) is 11.4. The number of aromatic nitrogens is 3. The summed E-state index contributed by atoms with van der Waals surface area (Å²) in [6, 6.07) is 12.5. The predicted molar refractivity (Wildman–Crippen MR) is 113 cm³/mol. The first-order chi connectivity index (χ1) is 13.9. The molecule has 0 aliphatic rings. The van der Waals surface area contributed by atoms with Crippen molar-refractivity contribution in [2.75, 3.05) is 12.4 Å². The molecule has 0 aliphatic heterocycles. The lowest BCUT2D eigenvalue weighted by molar-refractivity contribution is 0.587. The van der Waals surface area contributed by atoms with Crippen molar-refractivity contribution in [2.24, 2.45) is 0 Å². The first-order valence-electron chi connectivity index (χ1n) is 9.18. The molecule has 0 radical (unpaired) electrons. The second-order valence-corrected chi connectivity index (χ2v) is 8.43. The van der Waals surface area contributed by atoms with Crippen LogP contribution in [-0.2, 0) is 28.7 Å². The summed E-state index contributed by atoms with van der Waals surface area (Å²) in [5, 5.41) is 3.21. The summed E-state index contributed by atoms with van der Waals surface area (Å²) in [7, 11) is -1.91. The van der Waals surface area contributed by atoms with E-state index in [1.54, 1.807) is 12.3 Å². The molecule has 0 spiro atoms. The molecule has 0 amide bonds. The van der Waals surface area contributed by atoms with Crippen LogP contribution in [0.15, 0.2) is 53.5 Å². The summed E-state index contributed by atoms with van der Waals surface area (Å²) in [5.74, 6) is 1.09. The summed E-state index contributed by atoms with van der Waals surface area (Å²) >= 11 is 0. The van der Waals surface area contributed by atoms with Crippen LogP contribution in [0.1, 0.15) is 23.7 Å². The van der Waals surface area contributed by atoms with Crippen molar-refractivity contribution in [3.05, 3.63) is 75.8 Å². The Morgan fingerprint density at radius 3 is 2.59 bits per heavy atom. The first-order valence-corrected chi connectivity index (χ1v) is 10.8. The zero-order chi connectivity index (χ0) is 20.9. The Morgan fingerprint density at radius 1 is 1.10 bits per heavy atom. The molecule has 3 N–H and O–H groups in total. The fraction of sp³-hybridized carbons (Fsp3) is 0.250. The maximum absolute atomic E-state index is 11.7. The Bertz CT molecular complexity index is 1140. The number of aromatic amines is 1. The van der Waals surface area contributed by atoms with Crippen LogP contribution in [0, 0.1) is 0 Å². The monoisotopic (exact) mass is 413 g/mol. The highest BCUT2D eigenvalue weighted by Crippen LogP contribution is 2.16. The van der Waals surface area contributed by atoms with Gasteiger partial charge in [0.2, 0.25) is 10.0 Å². The molecule has 9 heteroatoms. The van der Waals surface area contributed by atoms with Crippen LogP contribution < -0.4 is 15.6 Å². The van der Waals surface area contributed by atoms with Gasteiger partial charge in [-0.1, -0.05) is 31.2 Å². The largest absolute Gasteiger partial charge is 0.366 e. The SMILES string of the molecule is CCc1cc(=O)[nH]c(-c2ccc(NCc3cccc(CS(=O)(=O)NC)c3)nc2)n1. The van der Waals surface area contributed by atoms with Gasteiger partial charge in [0.15, 0.2) is 0 Å². The molecular formula is C20H23N5O3S. The molecule has 1 aromatic carbocycles. The predicted octanol–water partition coefficient (Wildman–Crippen LogP) is 2.06. The molecule has 0 fully saturated rings. The van der Waals surface area contributed by atoms with Crippen LogP contribution >= 0.6 is 0 Å². The van der Waals surface area contributed by atoms with Gasteiger partial charge in [-0.05, 0) is 36.7 Å². The van der Waals surface area contributed by atoms with E-state index in [0.29, 0.717) is 30.2 Å². The van der Waals surface area contributed by atoms with Gasteiger partial charge in [-0.3, -0.25) is 4.79 Å². The van der Waals surface area contributed by atoms with Gasteiger partial charge in [0.1, 0.15) is 11.6 Å². The van der Waals surface area contributed by atoms with E-state index in [1.807, 2.05) is 37.3 Å². The van der Waals surface area contributed by atoms with Crippen LogP contribution in [0.4, 0.5) is 5.82 Å². The van der Waals surface area contributed by atoms with Crippen molar-refractivity contribution in [3.8, 4) is 11.4 Å². The second kappa shape index (κ2) is 8.97. The van der Waals surface area contributed by atoms with Crippen LogP contribution in [0.5, 0.6) is 0 Å². The van der Waals surface area contributed by atoms with Gasteiger partial charge >= 0.3 is 0 Å². The highest BCUT2D eigenvalue weighted by Gasteiger charge is 2.09. The number of aryl methyl sites for hydroxylation is 1. The molecular weight excluding hydrogens is 390 g/mol. The molecule has 0 saturated heterocycles. The number of nitrogens with one attached hydrogen (secondary N) is 3. The maximum Gasteiger partial charge on any atom is 0.251 e. The molecule has 0 aliphatic carbocycles. The lowest BCUT2D eigenvalue weighted by Gasteiger charge is -2.09. The van der Waals surface area contributed by atoms with Crippen LogP contribution in [0.2, 0.25) is 0 Å². The summed E-state index contributed by atoms with van der Waals surface area (Å²) in [6.45, 7) is 2.44. The minimum Gasteiger partial charge on any atom is -0.366 e. The van der Waals surface area contributed by atoms with Gasteiger partial charge in [0.05, 0.1) is 5.75 Å². The standard InChI is InChI=1S/C20H23N5O3S/c1-3-17-10-19(26)25-20(24-17)16-7-8-18(23-12-16)22-11-14-5-4-6-15(9-14)13-29(27,28)21-2/h4-10,12,21H,3,11,13H2,1-2H3,(H,22,23)(H,24,25,26). The lowest BCUT2D eigenvalue weighted by atomic mass is 10.1. The Morgan fingerprint density at radius 2 is 1.90 bits per heavy atom.